The number of rotatable bonds is 5. The third-order valence-corrected chi connectivity index (χ3v) is 6.40. The van der Waals surface area contributed by atoms with Crippen molar-refractivity contribution in [3.63, 3.8) is 0 Å². The first-order valence-electron chi connectivity index (χ1n) is 6.79. The number of likely N-dealkylation sites (N-methyl/N-ethyl adjacent to an activating group) is 1. The molecule has 6 heteroatoms. The van der Waals surface area contributed by atoms with Crippen LogP contribution in [0.25, 0.3) is 0 Å². The lowest BCUT2D eigenvalue weighted by atomic mass is 9.93. The van der Waals surface area contributed by atoms with Gasteiger partial charge in [-0.1, -0.05) is 40.5 Å². The summed E-state index contributed by atoms with van der Waals surface area (Å²) in [6.07, 6.45) is 1.51. The van der Waals surface area contributed by atoms with Gasteiger partial charge in [-0.25, -0.2) is 8.42 Å². The van der Waals surface area contributed by atoms with Gasteiger partial charge in [0.05, 0.1) is 11.5 Å². The van der Waals surface area contributed by atoms with E-state index in [0.29, 0.717) is 11.5 Å². The van der Waals surface area contributed by atoms with Crippen molar-refractivity contribution in [3.8, 4) is 0 Å². The maximum absolute atomic E-state index is 11.7. The van der Waals surface area contributed by atoms with E-state index in [1.54, 1.807) is 0 Å². The Bertz CT molecular complexity index is 577. The van der Waals surface area contributed by atoms with Crippen LogP contribution in [0.4, 0.5) is 0 Å². The van der Waals surface area contributed by atoms with Gasteiger partial charge >= 0.3 is 0 Å². The predicted molar refractivity (Wildman–Crippen MR) is 87.1 cm³/mol. The molecule has 0 amide bonds. The molecule has 0 spiro atoms. The highest BCUT2D eigenvalue weighted by molar-refractivity contribution is 9.10. The number of hydrogen-bond acceptors (Lipinski definition) is 3. The van der Waals surface area contributed by atoms with Gasteiger partial charge in [0.1, 0.15) is 0 Å². The highest BCUT2D eigenvalue weighted by Gasteiger charge is 2.33. The van der Waals surface area contributed by atoms with Crippen molar-refractivity contribution in [1.82, 2.24) is 5.32 Å². The van der Waals surface area contributed by atoms with E-state index in [2.05, 4.69) is 21.2 Å². The van der Waals surface area contributed by atoms with Crippen molar-refractivity contribution < 1.29 is 8.42 Å². The molecule has 1 saturated heterocycles. The van der Waals surface area contributed by atoms with Crippen LogP contribution < -0.4 is 5.32 Å². The van der Waals surface area contributed by atoms with E-state index in [1.807, 2.05) is 25.1 Å². The fourth-order valence-electron chi connectivity index (χ4n) is 2.73. The molecule has 0 aromatic heterocycles. The second-order valence-electron chi connectivity index (χ2n) is 5.27. The topological polar surface area (TPSA) is 46.2 Å². The average Bonchev–Trinajstić information content (AvgIpc) is 2.72. The van der Waals surface area contributed by atoms with Crippen LogP contribution in [-0.2, 0) is 16.3 Å². The molecule has 2 rings (SSSR count). The van der Waals surface area contributed by atoms with Gasteiger partial charge in [-0.15, -0.1) is 0 Å². The second kappa shape index (κ2) is 6.77. The Balaban J connectivity index is 2.13. The Kier molecular flexibility index (Phi) is 5.51. The van der Waals surface area contributed by atoms with Crippen LogP contribution in [0.1, 0.15) is 18.9 Å². The number of halogens is 2. The molecule has 1 aliphatic rings. The smallest absolute Gasteiger partial charge is 0.150 e. The molecule has 1 fully saturated rings. The highest BCUT2D eigenvalue weighted by Crippen LogP contribution is 2.27. The van der Waals surface area contributed by atoms with Crippen LogP contribution in [0.3, 0.4) is 0 Å². The predicted octanol–water partition coefficient (Wildman–Crippen LogP) is 3.06. The zero-order chi connectivity index (χ0) is 14.8. The zero-order valence-electron chi connectivity index (χ0n) is 11.4. The summed E-state index contributed by atoms with van der Waals surface area (Å²) >= 11 is 9.66. The number of hydrogen-bond donors (Lipinski definition) is 1. The van der Waals surface area contributed by atoms with Gasteiger partial charge < -0.3 is 5.32 Å². The summed E-state index contributed by atoms with van der Waals surface area (Å²) in [5, 5.41) is 4.14. The normalized spacial score (nSPS) is 22.9. The van der Waals surface area contributed by atoms with E-state index in [9.17, 15) is 8.42 Å². The third-order valence-electron chi connectivity index (χ3n) is 3.76. The van der Waals surface area contributed by atoms with E-state index in [0.717, 1.165) is 34.4 Å². The Morgan fingerprint density at radius 1 is 1.50 bits per heavy atom. The van der Waals surface area contributed by atoms with Crippen molar-refractivity contribution in [2.24, 2.45) is 5.92 Å². The van der Waals surface area contributed by atoms with Gasteiger partial charge in [0, 0.05) is 15.5 Å². The molecule has 2 atom stereocenters. The minimum absolute atomic E-state index is 0.163. The number of sulfone groups is 1. The van der Waals surface area contributed by atoms with E-state index in [-0.39, 0.29) is 12.0 Å². The van der Waals surface area contributed by atoms with Crippen LogP contribution in [0.15, 0.2) is 22.7 Å². The Morgan fingerprint density at radius 2 is 2.25 bits per heavy atom. The third kappa shape index (κ3) is 4.20. The van der Waals surface area contributed by atoms with Gasteiger partial charge in [0.2, 0.25) is 0 Å². The summed E-state index contributed by atoms with van der Waals surface area (Å²) in [5.41, 5.74) is 1.06. The molecule has 0 saturated carbocycles. The molecule has 112 valence electrons. The number of benzene rings is 1. The minimum Gasteiger partial charge on any atom is -0.314 e. The monoisotopic (exact) mass is 379 g/mol. The van der Waals surface area contributed by atoms with Crippen LogP contribution >= 0.6 is 27.5 Å². The van der Waals surface area contributed by atoms with Crippen LogP contribution in [0.5, 0.6) is 0 Å². The van der Waals surface area contributed by atoms with Gasteiger partial charge in [-0.2, -0.15) is 0 Å². The zero-order valence-corrected chi connectivity index (χ0v) is 14.6. The van der Waals surface area contributed by atoms with E-state index < -0.39 is 9.84 Å². The summed E-state index contributed by atoms with van der Waals surface area (Å²) in [5.74, 6) is 0.784. The van der Waals surface area contributed by atoms with E-state index >= 15 is 0 Å². The average molecular weight is 381 g/mol. The molecule has 0 radical (unpaired) electrons. The molecule has 1 N–H and O–H groups in total. The summed E-state index contributed by atoms with van der Waals surface area (Å²) in [4.78, 5) is 0. The fourth-order valence-corrected chi connectivity index (χ4v) is 5.36. The molecule has 20 heavy (non-hydrogen) atoms. The van der Waals surface area contributed by atoms with Crippen molar-refractivity contribution in [3.05, 3.63) is 33.3 Å². The Morgan fingerprint density at radius 3 is 2.80 bits per heavy atom. The molecule has 0 bridgehead atoms. The first-order chi connectivity index (χ1) is 9.41. The molecular formula is C14H19BrClNO2S. The molecule has 1 aromatic rings. The standard InChI is InChI=1S/C14H19BrClNO2S/c1-2-17-14(11-5-6-20(18,19)9-11)7-10-3-4-12(15)8-13(10)16/h3-4,8,11,14,17H,2,5-7,9H2,1H3. The molecule has 3 nitrogen and oxygen atoms in total. The summed E-state index contributed by atoms with van der Waals surface area (Å²) in [7, 11) is -2.85. The second-order valence-corrected chi connectivity index (χ2v) is 8.82. The largest absolute Gasteiger partial charge is 0.314 e. The first kappa shape index (κ1) is 16.3. The van der Waals surface area contributed by atoms with Gasteiger partial charge in [0.15, 0.2) is 9.84 Å². The Labute approximate surface area is 134 Å². The molecule has 0 aliphatic carbocycles. The van der Waals surface area contributed by atoms with Gasteiger partial charge in [0.25, 0.3) is 0 Å². The SMILES string of the molecule is CCNC(Cc1ccc(Br)cc1Cl)C1CCS(=O)(=O)C1. The fraction of sp³-hybridized carbons (Fsp3) is 0.571. The van der Waals surface area contributed by atoms with Crippen LogP contribution in [0.2, 0.25) is 5.02 Å². The molecular weight excluding hydrogens is 362 g/mol. The van der Waals surface area contributed by atoms with Crippen molar-refractivity contribution >= 4 is 37.4 Å². The molecule has 2 unspecified atom stereocenters. The molecule has 1 heterocycles. The van der Waals surface area contributed by atoms with Crippen LogP contribution in [-0.4, -0.2) is 32.5 Å². The highest BCUT2D eigenvalue weighted by atomic mass is 79.9. The minimum atomic E-state index is -2.85. The maximum atomic E-state index is 11.7. The summed E-state index contributed by atoms with van der Waals surface area (Å²) < 4.78 is 24.3. The van der Waals surface area contributed by atoms with Crippen LogP contribution in [0, 0.1) is 5.92 Å². The lowest BCUT2D eigenvalue weighted by Crippen LogP contribution is -2.38. The summed E-state index contributed by atoms with van der Waals surface area (Å²) in [6, 6.07) is 6.01. The van der Waals surface area contributed by atoms with Crippen molar-refractivity contribution in [2.45, 2.75) is 25.8 Å². The lowest BCUT2D eigenvalue weighted by Gasteiger charge is -2.24. The first-order valence-corrected chi connectivity index (χ1v) is 9.78. The summed E-state index contributed by atoms with van der Waals surface area (Å²) in [6.45, 7) is 2.87. The Hall–Kier alpha value is -0.100. The lowest BCUT2D eigenvalue weighted by molar-refractivity contribution is 0.386. The molecule has 1 aromatic carbocycles. The number of nitrogens with one attached hydrogen (secondary N) is 1. The van der Waals surface area contributed by atoms with E-state index in [1.165, 1.54) is 0 Å². The molecule has 1 aliphatic heterocycles. The quantitative estimate of drug-likeness (QED) is 0.854. The van der Waals surface area contributed by atoms with Crippen molar-refractivity contribution in [1.29, 1.82) is 0 Å². The van der Waals surface area contributed by atoms with Gasteiger partial charge in [-0.05, 0) is 43.0 Å². The van der Waals surface area contributed by atoms with Crippen molar-refractivity contribution in [2.75, 3.05) is 18.1 Å². The van der Waals surface area contributed by atoms with E-state index in [4.69, 9.17) is 11.6 Å². The van der Waals surface area contributed by atoms with Gasteiger partial charge in [-0.3, -0.25) is 0 Å². The maximum Gasteiger partial charge on any atom is 0.150 e.